The lowest BCUT2D eigenvalue weighted by atomic mass is 9.84. The molecule has 3 heterocycles. The number of ether oxygens (including phenoxy) is 1. The Kier molecular flexibility index (Phi) is 5.10. The number of hydrogen-bond donors (Lipinski definition) is 0. The number of aryl methyl sites for hydroxylation is 1. The number of rotatable bonds is 4. The van der Waals surface area contributed by atoms with Gasteiger partial charge in [0.05, 0.1) is 30.3 Å². The topological polar surface area (TPSA) is 71.7 Å². The van der Waals surface area contributed by atoms with E-state index in [1.54, 1.807) is 13.4 Å². The Morgan fingerprint density at radius 1 is 1.03 bits per heavy atom. The fourth-order valence-electron chi connectivity index (χ4n) is 4.60. The van der Waals surface area contributed by atoms with Gasteiger partial charge in [0, 0.05) is 56.7 Å². The van der Waals surface area contributed by atoms with Crippen molar-refractivity contribution in [2.24, 2.45) is 0 Å². The summed E-state index contributed by atoms with van der Waals surface area (Å²) in [5.41, 5.74) is 3.48. The molecule has 0 N–H and O–H groups in total. The molecular formula is C24H26N4O3. The molecule has 7 heteroatoms. The number of anilines is 2. The molecule has 31 heavy (non-hydrogen) atoms. The van der Waals surface area contributed by atoms with Gasteiger partial charge in [0.1, 0.15) is 11.5 Å². The zero-order valence-electron chi connectivity index (χ0n) is 17.9. The number of aromatic nitrogens is 2. The number of benzene rings is 1. The Morgan fingerprint density at radius 3 is 2.58 bits per heavy atom. The minimum Gasteiger partial charge on any atom is -0.497 e. The summed E-state index contributed by atoms with van der Waals surface area (Å²) < 4.78 is 10.9. The van der Waals surface area contributed by atoms with E-state index in [-0.39, 0.29) is 11.7 Å². The van der Waals surface area contributed by atoms with Gasteiger partial charge in [-0.1, -0.05) is 6.07 Å². The molecule has 1 fully saturated rings. The third-order valence-electron chi connectivity index (χ3n) is 6.23. The summed E-state index contributed by atoms with van der Waals surface area (Å²) in [7, 11) is 1.69. The van der Waals surface area contributed by atoms with Crippen molar-refractivity contribution in [2.45, 2.75) is 25.7 Å². The van der Waals surface area contributed by atoms with Crippen molar-refractivity contribution < 1.29 is 13.9 Å². The molecule has 3 aromatic rings. The van der Waals surface area contributed by atoms with Crippen LogP contribution in [0.2, 0.25) is 0 Å². The Morgan fingerprint density at radius 2 is 1.84 bits per heavy atom. The van der Waals surface area contributed by atoms with E-state index in [0.29, 0.717) is 18.4 Å². The lowest BCUT2D eigenvalue weighted by Crippen LogP contribution is -2.47. The van der Waals surface area contributed by atoms with Crippen LogP contribution in [0.25, 0.3) is 0 Å². The average molecular weight is 418 g/mol. The number of carbonyl (C=O) groups excluding carboxylic acids is 1. The monoisotopic (exact) mass is 418 g/mol. The van der Waals surface area contributed by atoms with Crippen LogP contribution in [-0.2, 0) is 6.42 Å². The Balaban J connectivity index is 1.34. The van der Waals surface area contributed by atoms with Crippen molar-refractivity contribution >= 4 is 17.4 Å². The highest BCUT2D eigenvalue weighted by Crippen LogP contribution is 2.34. The maximum Gasteiger partial charge on any atom is 0.225 e. The maximum atomic E-state index is 12.8. The molecule has 0 bridgehead atoms. The molecule has 160 valence electrons. The van der Waals surface area contributed by atoms with E-state index in [2.05, 4.69) is 21.9 Å². The van der Waals surface area contributed by atoms with Crippen molar-refractivity contribution in [1.29, 1.82) is 0 Å². The normalized spacial score (nSPS) is 18.8. The number of ketones is 1. The standard InChI is InChI=1S/C24H26N4O3/c1-16-23-20(13-17(14-21(23)29)22-7-4-12-31-22)26-24(25-16)28-10-8-27(9-11-28)18-5-3-6-19(15-18)30-2/h3-7,12,15,17H,8-11,13-14H2,1-2H3. The number of methoxy groups -OCH3 is 1. The van der Waals surface area contributed by atoms with Gasteiger partial charge in [-0.05, 0) is 31.2 Å². The van der Waals surface area contributed by atoms with Gasteiger partial charge in [0.2, 0.25) is 5.95 Å². The summed E-state index contributed by atoms with van der Waals surface area (Å²) in [6, 6.07) is 12.0. The molecule has 1 unspecified atom stereocenters. The van der Waals surface area contributed by atoms with Crippen molar-refractivity contribution in [2.75, 3.05) is 43.1 Å². The summed E-state index contributed by atoms with van der Waals surface area (Å²) in [4.78, 5) is 26.9. The molecule has 1 aliphatic carbocycles. The Hall–Kier alpha value is -3.35. The van der Waals surface area contributed by atoms with E-state index < -0.39 is 0 Å². The second-order valence-electron chi connectivity index (χ2n) is 8.15. The first kappa shape index (κ1) is 19.6. The van der Waals surface area contributed by atoms with Crippen molar-refractivity contribution in [3.05, 3.63) is 65.4 Å². The number of furan rings is 1. The maximum absolute atomic E-state index is 12.8. The fourth-order valence-corrected chi connectivity index (χ4v) is 4.60. The lowest BCUT2D eigenvalue weighted by molar-refractivity contribution is 0.0958. The van der Waals surface area contributed by atoms with Crippen LogP contribution in [0.3, 0.4) is 0 Å². The van der Waals surface area contributed by atoms with E-state index in [9.17, 15) is 4.79 Å². The number of fused-ring (bicyclic) bond motifs is 1. The number of carbonyl (C=O) groups is 1. The van der Waals surface area contributed by atoms with Gasteiger partial charge in [-0.15, -0.1) is 0 Å². The van der Waals surface area contributed by atoms with Gasteiger partial charge < -0.3 is 19.0 Å². The van der Waals surface area contributed by atoms with Gasteiger partial charge >= 0.3 is 0 Å². The number of hydrogen-bond acceptors (Lipinski definition) is 7. The smallest absolute Gasteiger partial charge is 0.225 e. The SMILES string of the molecule is COc1cccc(N2CCN(c3nc(C)c4c(n3)CC(c3ccco3)CC4=O)CC2)c1. The summed E-state index contributed by atoms with van der Waals surface area (Å²) in [5.74, 6) is 2.58. The molecule has 0 spiro atoms. The molecule has 1 aromatic carbocycles. The first-order valence-electron chi connectivity index (χ1n) is 10.7. The Bertz CT molecular complexity index is 1090. The molecular weight excluding hydrogens is 392 g/mol. The van der Waals surface area contributed by atoms with E-state index in [1.807, 2.05) is 31.2 Å². The van der Waals surface area contributed by atoms with E-state index in [0.717, 1.165) is 60.7 Å². The van der Waals surface area contributed by atoms with Crippen molar-refractivity contribution in [3.8, 4) is 5.75 Å². The highest BCUT2D eigenvalue weighted by Gasteiger charge is 2.32. The zero-order valence-corrected chi connectivity index (χ0v) is 17.9. The zero-order chi connectivity index (χ0) is 21.4. The molecule has 7 nitrogen and oxygen atoms in total. The molecule has 1 aliphatic heterocycles. The number of piperazine rings is 1. The first-order chi connectivity index (χ1) is 15.1. The summed E-state index contributed by atoms with van der Waals surface area (Å²) in [6.45, 7) is 5.32. The summed E-state index contributed by atoms with van der Waals surface area (Å²) in [6.07, 6.45) is 2.81. The van der Waals surface area contributed by atoms with Gasteiger partial charge in [-0.2, -0.15) is 0 Å². The van der Waals surface area contributed by atoms with E-state index in [1.165, 1.54) is 0 Å². The van der Waals surface area contributed by atoms with Crippen molar-refractivity contribution in [3.63, 3.8) is 0 Å². The molecule has 0 radical (unpaired) electrons. The van der Waals surface area contributed by atoms with Crippen LogP contribution in [0.4, 0.5) is 11.6 Å². The van der Waals surface area contributed by atoms with Crippen LogP contribution in [0.5, 0.6) is 5.75 Å². The number of Topliss-reactive ketones (excluding diaryl/α,β-unsaturated/α-hetero) is 1. The van der Waals surface area contributed by atoms with E-state index >= 15 is 0 Å². The first-order valence-corrected chi connectivity index (χ1v) is 10.7. The van der Waals surface area contributed by atoms with E-state index in [4.69, 9.17) is 19.1 Å². The predicted molar refractivity (Wildman–Crippen MR) is 118 cm³/mol. The second kappa shape index (κ2) is 8.06. The second-order valence-corrected chi connectivity index (χ2v) is 8.15. The Labute approximate surface area is 181 Å². The van der Waals surface area contributed by atoms with Crippen molar-refractivity contribution in [1.82, 2.24) is 9.97 Å². The summed E-state index contributed by atoms with van der Waals surface area (Å²) >= 11 is 0. The largest absolute Gasteiger partial charge is 0.497 e. The molecule has 1 saturated heterocycles. The minimum atomic E-state index is 0.0436. The van der Waals surface area contributed by atoms with Gasteiger partial charge in [0.25, 0.3) is 0 Å². The molecule has 2 aliphatic rings. The molecule has 1 atom stereocenters. The lowest BCUT2D eigenvalue weighted by Gasteiger charge is -2.36. The third kappa shape index (κ3) is 3.76. The summed E-state index contributed by atoms with van der Waals surface area (Å²) in [5, 5.41) is 0. The van der Waals surface area contributed by atoms with Crippen LogP contribution in [0.1, 0.15) is 39.8 Å². The predicted octanol–water partition coefficient (Wildman–Crippen LogP) is 3.63. The minimum absolute atomic E-state index is 0.0436. The van der Waals surface area contributed by atoms with Crippen LogP contribution >= 0.6 is 0 Å². The molecule has 5 rings (SSSR count). The van der Waals surface area contributed by atoms with Gasteiger partial charge in [0.15, 0.2) is 5.78 Å². The highest BCUT2D eigenvalue weighted by molar-refractivity contribution is 5.99. The quantitative estimate of drug-likeness (QED) is 0.641. The van der Waals surface area contributed by atoms with Crippen LogP contribution in [0, 0.1) is 6.92 Å². The van der Waals surface area contributed by atoms with Gasteiger partial charge in [-0.25, -0.2) is 9.97 Å². The number of nitrogens with zero attached hydrogens (tertiary/aromatic N) is 4. The molecule has 2 aromatic heterocycles. The van der Waals surface area contributed by atoms with Crippen LogP contribution in [0.15, 0.2) is 47.1 Å². The van der Waals surface area contributed by atoms with Gasteiger partial charge in [-0.3, -0.25) is 4.79 Å². The highest BCUT2D eigenvalue weighted by atomic mass is 16.5. The molecule has 0 amide bonds. The molecule has 0 saturated carbocycles. The third-order valence-corrected chi connectivity index (χ3v) is 6.23. The van der Waals surface area contributed by atoms with Crippen LogP contribution < -0.4 is 14.5 Å². The average Bonchev–Trinajstić information content (AvgIpc) is 3.34. The fraction of sp³-hybridized carbons (Fsp3) is 0.375. The van der Waals surface area contributed by atoms with Crippen LogP contribution in [-0.4, -0.2) is 49.0 Å².